The first kappa shape index (κ1) is 15.0. The van der Waals surface area contributed by atoms with E-state index in [0.29, 0.717) is 19.0 Å². The molecule has 1 fully saturated rings. The number of hydrogen-bond donors (Lipinski definition) is 1. The molecule has 0 saturated carbocycles. The maximum Gasteiger partial charge on any atom is 0.242 e. The average molecular weight is 301 g/mol. The van der Waals surface area contributed by atoms with Crippen molar-refractivity contribution in [2.75, 3.05) is 13.2 Å². The van der Waals surface area contributed by atoms with Crippen LogP contribution in [-0.2, 0) is 17.8 Å². The predicted molar refractivity (Wildman–Crippen MR) is 85.5 cm³/mol. The minimum atomic E-state index is 0.0393. The van der Waals surface area contributed by atoms with E-state index in [4.69, 9.17) is 0 Å². The van der Waals surface area contributed by atoms with Crippen LogP contribution >= 0.6 is 0 Å². The van der Waals surface area contributed by atoms with Gasteiger partial charge in [-0.15, -0.1) is 0 Å². The van der Waals surface area contributed by atoms with E-state index >= 15 is 0 Å². The Balaban J connectivity index is 1.88. The first-order chi connectivity index (χ1) is 10.7. The normalized spacial score (nSPS) is 18.8. The van der Waals surface area contributed by atoms with Crippen molar-refractivity contribution in [1.29, 1.82) is 0 Å². The fraction of sp³-hybridized carbons (Fsp3) is 0.529. The van der Waals surface area contributed by atoms with Crippen LogP contribution in [0.15, 0.2) is 24.3 Å². The molecule has 0 aliphatic carbocycles. The van der Waals surface area contributed by atoms with E-state index in [1.807, 2.05) is 33.7 Å². The van der Waals surface area contributed by atoms with Gasteiger partial charge in [0.25, 0.3) is 0 Å². The molecule has 22 heavy (non-hydrogen) atoms. The number of aliphatic hydroxyl groups excluding tert-OH is 1. The van der Waals surface area contributed by atoms with Crippen LogP contribution < -0.4 is 0 Å². The van der Waals surface area contributed by atoms with Gasteiger partial charge in [0, 0.05) is 19.0 Å². The van der Waals surface area contributed by atoms with Crippen LogP contribution in [0.25, 0.3) is 11.0 Å². The highest BCUT2D eigenvalue weighted by Gasteiger charge is 2.24. The molecular weight excluding hydrogens is 278 g/mol. The fourth-order valence-electron chi connectivity index (χ4n) is 3.29. The molecule has 0 unspecified atom stereocenters. The molecular formula is C17H23N3O2. The van der Waals surface area contributed by atoms with E-state index in [2.05, 4.69) is 11.9 Å². The summed E-state index contributed by atoms with van der Waals surface area (Å²) in [5.74, 6) is 0.927. The van der Waals surface area contributed by atoms with E-state index < -0.39 is 0 Å². The number of fused-ring (bicyclic) bond motifs is 1. The zero-order valence-corrected chi connectivity index (χ0v) is 13.0. The molecule has 1 amide bonds. The molecule has 1 aliphatic heterocycles. The Morgan fingerprint density at radius 2 is 2.18 bits per heavy atom. The van der Waals surface area contributed by atoms with Gasteiger partial charge in [0.1, 0.15) is 12.4 Å². The van der Waals surface area contributed by atoms with E-state index in [0.717, 1.165) is 36.2 Å². The number of piperidine rings is 1. The van der Waals surface area contributed by atoms with Crippen LogP contribution in [0, 0.1) is 0 Å². The van der Waals surface area contributed by atoms with E-state index in [9.17, 15) is 9.90 Å². The second-order valence-corrected chi connectivity index (χ2v) is 6.01. The molecule has 1 aliphatic rings. The third-order valence-corrected chi connectivity index (χ3v) is 4.49. The Morgan fingerprint density at radius 3 is 2.95 bits per heavy atom. The lowest BCUT2D eigenvalue weighted by Crippen LogP contribution is -2.43. The molecule has 1 aromatic heterocycles. The smallest absolute Gasteiger partial charge is 0.242 e. The number of likely N-dealkylation sites (tertiary alicyclic amines) is 1. The lowest BCUT2D eigenvalue weighted by Gasteiger charge is -2.33. The van der Waals surface area contributed by atoms with Crippen LogP contribution in [0.3, 0.4) is 0 Å². The molecule has 2 heterocycles. The zero-order valence-electron chi connectivity index (χ0n) is 13.0. The third kappa shape index (κ3) is 2.86. The summed E-state index contributed by atoms with van der Waals surface area (Å²) >= 11 is 0. The summed E-state index contributed by atoms with van der Waals surface area (Å²) < 4.78 is 1.95. The molecule has 0 bridgehead atoms. The molecule has 2 aromatic rings. The third-order valence-electron chi connectivity index (χ3n) is 4.49. The SMILES string of the molecule is C[C@H]1CCCCN1C(=O)Cn1c(CCO)nc2ccccc21. The lowest BCUT2D eigenvalue weighted by atomic mass is 10.0. The molecule has 0 radical (unpaired) electrons. The number of carbonyl (C=O) groups excluding carboxylic acids is 1. The van der Waals surface area contributed by atoms with Crippen LogP contribution in [0.2, 0.25) is 0 Å². The summed E-state index contributed by atoms with van der Waals surface area (Å²) in [7, 11) is 0. The largest absolute Gasteiger partial charge is 0.396 e. The van der Waals surface area contributed by atoms with Gasteiger partial charge in [-0.3, -0.25) is 4.79 Å². The van der Waals surface area contributed by atoms with Gasteiger partial charge in [-0.2, -0.15) is 0 Å². The number of aliphatic hydroxyl groups is 1. The van der Waals surface area contributed by atoms with Gasteiger partial charge < -0.3 is 14.6 Å². The van der Waals surface area contributed by atoms with Crippen molar-refractivity contribution in [3.8, 4) is 0 Å². The number of para-hydroxylation sites is 2. The summed E-state index contributed by atoms with van der Waals surface area (Å²) in [6, 6.07) is 8.14. The van der Waals surface area contributed by atoms with E-state index in [1.54, 1.807) is 0 Å². The van der Waals surface area contributed by atoms with Crippen LogP contribution in [-0.4, -0.2) is 44.7 Å². The number of amides is 1. The fourth-order valence-corrected chi connectivity index (χ4v) is 3.29. The quantitative estimate of drug-likeness (QED) is 0.939. The maximum absolute atomic E-state index is 12.7. The van der Waals surface area contributed by atoms with Crippen LogP contribution in [0.1, 0.15) is 32.0 Å². The molecule has 3 rings (SSSR count). The average Bonchev–Trinajstić information content (AvgIpc) is 2.86. The molecule has 5 nitrogen and oxygen atoms in total. The Labute approximate surface area is 130 Å². The first-order valence-electron chi connectivity index (χ1n) is 8.05. The molecule has 1 saturated heterocycles. The first-order valence-corrected chi connectivity index (χ1v) is 8.05. The number of benzene rings is 1. The highest BCUT2D eigenvalue weighted by Crippen LogP contribution is 2.20. The van der Waals surface area contributed by atoms with Crippen molar-refractivity contribution in [2.45, 2.75) is 45.2 Å². The van der Waals surface area contributed by atoms with Crippen molar-refractivity contribution < 1.29 is 9.90 Å². The lowest BCUT2D eigenvalue weighted by molar-refractivity contribution is -0.135. The predicted octanol–water partition coefficient (Wildman–Crippen LogP) is 1.97. The second kappa shape index (κ2) is 6.48. The molecule has 118 valence electrons. The van der Waals surface area contributed by atoms with Gasteiger partial charge in [0.05, 0.1) is 17.6 Å². The molecule has 1 atom stereocenters. The number of aromatic nitrogens is 2. The highest BCUT2D eigenvalue weighted by atomic mass is 16.3. The Bertz CT molecular complexity index is 665. The molecule has 1 aromatic carbocycles. The van der Waals surface area contributed by atoms with Gasteiger partial charge >= 0.3 is 0 Å². The van der Waals surface area contributed by atoms with Gasteiger partial charge in [-0.25, -0.2) is 4.98 Å². The van der Waals surface area contributed by atoms with Crippen molar-refractivity contribution in [3.05, 3.63) is 30.1 Å². The topological polar surface area (TPSA) is 58.4 Å². The molecule has 0 spiro atoms. The van der Waals surface area contributed by atoms with Crippen molar-refractivity contribution in [1.82, 2.24) is 14.5 Å². The monoisotopic (exact) mass is 301 g/mol. The van der Waals surface area contributed by atoms with Crippen molar-refractivity contribution in [3.63, 3.8) is 0 Å². The summed E-state index contributed by atoms with van der Waals surface area (Å²) in [5.41, 5.74) is 1.84. The highest BCUT2D eigenvalue weighted by molar-refractivity contribution is 5.81. The number of carbonyl (C=O) groups is 1. The Morgan fingerprint density at radius 1 is 1.36 bits per heavy atom. The van der Waals surface area contributed by atoms with Gasteiger partial charge in [0.2, 0.25) is 5.91 Å². The summed E-state index contributed by atoms with van der Waals surface area (Å²) in [6.07, 6.45) is 3.84. The summed E-state index contributed by atoms with van der Waals surface area (Å²) in [6.45, 7) is 3.32. The van der Waals surface area contributed by atoms with E-state index in [-0.39, 0.29) is 12.5 Å². The molecule has 1 N–H and O–H groups in total. The number of rotatable bonds is 4. The summed E-state index contributed by atoms with van der Waals surface area (Å²) in [5, 5.41) is 9.25. The van der Waals surface area contributed by atoms with Crippen molar-refractivity contribution >= 4 is 16.9 Å². The van der Waals surface area contributed by atoms with E-state index in [1.165, 1.54) is 6.42 Å². The zero-order chi connectivity index (χ0) is 15.5. The standard InChI is InChI=1S/C17H23N3O2/c1-13-6-4-5-10-19(13)17(22)12-20-15-8-3-2-7-14(15)18-16(20)9-11-21/h2-3,7-8,13,21H,4-6,9-12H2,1H3/t13-/m0/s1. The Hall–Kier alpha value is -1.88. The summed E-state index contributed by atoms with van der Waals surface area (Å²) in [4.78, 5) is 19.2. The Kier molecular flexibility index (Phi) is 4.43. The van der Waals surface area contributed by atoms with Gasteiger partial charge in [-0.1, -0.05) is 12.1 Å². The minimum Gasteiger partial charge on any atom is -0.396 e. The number of nitrogens with zero attached hydrogens (tertiary/aromatic N) is 3. The molecule has 5 heteroatoms. The number of imidazole rings is 1. The maximum atomic E-state index is 12.7. The van der Waals surface area contributed by atoms with Gasteiger partial charge in [0.15, 0.2) is 0 Å². The van der Waals surface area contributed by atoms with Crippen LogP contribution in [0.5, 0.6) is 0 Å². The second-order valence-electron chi connectivity index (χ2n) is 6.01. The minimum absolute atomic E-state index is 0.0393. The van der Waals surface area contributed by atoms with Gasteiger partial charge in [-0.05, 0) is 38.3 Å². The van der Waals surface area contributed by atoms with Crippen molar-refractivity contribution in [2.24, 2.45) is 0 Å². The van der Waals surface area contributed by atoms with Crippen LogP contribution in [0.4, 0.5) is 0 Å². The number of hydrogen-bond acceptors (Lipinski definition) is 3.